The summed E-state index contributed by atoms with van der Waals surface area (Å²) in [7, 11) is 0. The third-order valence-corrected chi connectivity index (χ3v) is 7.63. The number of benzene rings is 1. The molecule has 2 aliphatic heterocycles. The van der Waals surface area contributed by atoms with E-state index in [9.17, 15) is 9.59 Å². The summed E-state index contributed by atoms with van der Waals surface area (Å²) >= 11 is 3.08. The fourth-order valence-corrected chi connectivity index (χ4v) is 5.75. The van der Waals surface area contributed by atoms with Crippen LogP contribution < -0.4 is 4.90 Å². The predicted molar refractivity (Wildman–Crippen MR) is 108 cm³/mol. The standard InChI is InChI=1S/C21H21NO4S2/c1-13(23)18-7-8-19(28-18)27-15-5-6-17-16(11-15)21(25-9-2-10-26-21)20(24)22(17)12-14-3-4-14/h5-8,11,14H,2-4,9-10,12H2,1H3. The highest BCUT2D eigenvalue weighted by molar-refractivity contribution is 8.01. The predicted octanol–water partition coefficient (Wildman–Crippen LogP) is 4.45. The Hall–Kier alpha value is -1.67. The molecule has 7 heteroatoms. The lowest BCUT2D eigenvalue weighted by Crippen LogP contribution is -2.47. The first kappa shape index (κ1) is 18.4. The summed E-state index contributed by atoms with van der Waals surface area (Å²) in [6.45, 7) is 3.36. The highest BCUT2D eigenvalue weighted by Crippen LogP contribution is 2.48. The first-order chi connectivity index (χ1) is 13.6. The quantitative estimate of drug-likeness (QED) is 0.676. The summed E-state index contributed by atoms with van der Waals surface area (Å²) in [5.41, 5.74) is 1.71. The van der Waals surface area contributed by atoms with Gasteiger partial charge >= 0.3 is 0 Å². The zero-order valence-electron chi connectivity index (χ0n) is 15.6. The van der Waals surface area contributed by atoms with Gasteiger partial charge in [0.2, 0.25) is 0 Å². The number of carbonyl (C=O) groups is 2. The number of hydrogen-bond donors (Lipinski definition) is 0. The van der Waals surface area contributed by atoms with Gasteiger partial charge in [0, 0.05) is 17.0 Å². The molecule has 1 spiro atoms. The van der Waals surface area contributed by atoms with E-state index in [2.05, 4.69) is 0 Å². The molecule has 0 bridgehead atoms. The molecule has 5 nitrogen and oxygen atoms in total. The van der Waals surface area contributed by atoms with Crippen molar-refractivity contribution < 1.29 is 19.1 Å². The van der Waals surface area contributed by atoms with E-state index in [1.165, 1.54) is 24.2 Å². The van der Waals surface area contributed by atoms with Crippen LogP contribution in [0.25, 0.3) is 0 Å². The lowest BCUT2D eigenvalue weighted by molar-refractivity contribution is -0.256. The number of amides is 1. The highest BCUT2D eigenvalue weighted by Gasteiger charge is 2.55. The van der Waals surface area contributed by atoms with Gasteiger partial charge in [-0.05, 0) is 62.4 Å². The smallest absolute Gasteiger partial charge is 0.292 e. The molecule has 146 valence electrons. The van der Waals surface area contributed by atoms with E-state index in [-0.39, 0.29) is 11.7 Å². The molecule has 1 saturated carbocycles. The van der Waals surface area contributed by atoms with E-state index < -0.39 is 5.79 Å². The Morgan fingerprint density at radius 3 is 2.71 bits per heavy atom. The van der Waals surface area contributed by atoms with Crippen LogP contribution in [0.3, 0.4) is 0 Å². The Kier molecular flexibility index (Phi) is 4.58. The summed E-state index contributed by atoms with van der Waals surface area (Å²) in [5, 5.41) is 0. The summed E-state index contributed by atoms with van der Waals surface area (Å²) < 4.78 is 13.0. The van der Waals surface area contributed by atoms with Crippen LogP contribution in [-0.4, -0.2) is 31.4 Å². The molecule has 2 fully saturated rings. The van der Waals surface area contributed by atoms with Gasteiger partial charge < -0.3 is 14.4 Å². The van der Waals surface area contributed by atoms with Crippen LogP contribution in [0.15, 0.2) is 39.4 Å². The summed E-state index contributed by atoms with van der Waals surface area (Å²) in [5.74, 6) is -0.721. The van der Waals surface area contributed by atoms with Crippen molar-refractivity contribution in [3.05, 3.63) is 40.8 Å². The number of rotatable bonds is 5. The molecular weight excluding hydrogens is 394 g/mol. The average Bonchev–Trinajstić information content (AvgIpc) is 3.36. The van der Waals surface area contributed by atoms with Gasteiger partial charge in [0.15, 0.2) is 5.78 Å². The van der Waals surface area contributed by atoms with Crippen molar-refractivity contribution in [1.82, 2.24) is 0 Å². The molecule has 28 heavy (non-hydrogen) atoms. The highest BCUT2D eigenvalue weighted by atomic mass is 32.2. The topological polar surface area (TPSA) is 55.8 Å². The second-order valence-electron chi connectivity index (χ2n) is 7.48. The second kappa shape index (κ2) is 6.99. The lowest BCUT2D eigenvalue weighted by atomic mass is 10.1. The van der Waals surface area contributed by atoms with Crippen molar-refractivity contribution in [2.45, 2.75) is 41.1 Å². The fourth-order valence-electron chi connectivity index (χ4n) is 3.71. The van der Waals surface area contributed by atoms with E-state index in [0.717, 1.165) is 38.2 Å². The van der Waals surface area contributed by atoms with Crippen molar-refractivity contribution in [3.63, 3.8) is 0 Å². The van der Waals surface area contributed by atoms with Gasteiger partial charge in [-0.1, -0.05) is 11.8 Å². The number of hydrogen-bond acceptors (Lipinski definition) is 6. The van der Waals surface area contributed by atoms with Crippen molar-refractivity contribution >= 4 is 40.5 Å². The number of ketones is 1. The van der Waals surface area contributed by atoms with Crippen LogP contribution in [0.4, 0.5) is 5.69 Å². The fraction of sp³-hybridized carbons (Fsp3) is 0.429. The van der Waals surface area contributed by atoms with Crippen LogP contribution in [0.5, 0.6) is 0 Å². The van der Waals surface area contributed by atoms with Crippen molar-refractivity contribution in [2.75, 3.05) is 24.7 Å². The largest absolute Gasteiger partial charge is 0.338 e. The van der Waals surface area contributed by atoms with Crippen LogP contribution in [0, 0.1) is 5.92 Å². The Bertz CT molecular complexity index is 944. The van der Waals surface area contributed by atoms with Gasteiger partial charge in [-0.3, -0.25) is 9.59 Å². The van der Waals surface area contributed by atoms with Crippen molar-refractivity contribution in [2.24, 2.45) is 5.92 Å². The third kappa shape index (κ3) is 3.10. The SMILES string of the molecule is CC(=O)c1ccc(Sc2ccc3c(c2)C2(OCCCO2)C(=O)N3CC2CC2)s1. The maximum absolute atomic E-state index is 13.3. The minimum Gasteiger partial charge on any atom is -0.338 e. The molecule has 0 atom stereocenters. The van der Waals surface area contributed by atoms with Crippen LogP contribution in [0.1, 0.15) is 41.4 Å². The normalized spacial score (nSPS) is 20.6. The molecule has 1 saturated heterocycles. The van der Waals surface area contributed by atoms with Gasteiger partial charge in [-0.2, -0.15) is 0 Å². The van der Waals surface area contributed by atoms with Gasteiger partial charge in [-0.15, -0.1) is 11.3 Å². The van der Waals surface area contributed by atoms with Crippen LogP contribution in [0.2, 0.25) is 0 Å². The Balaban J connectivity index is 1.49. The van der Waals surface area contributed by atoms with Gasteiger partial charge in [0.25, 0.3) is 11.7 Å². The molecule has 3 aliphatic rings. The Morgan fingerprint density at radius 1 is 1.25 bits per heavy atom. The zero-order chi connectivity index (χ0) is 19.3. The molecule has 0 unspecified atom stereocenters. The summed E-state index contributed by atoms with van der Waals surface area (Å²) in [4.78, 5) is 28.5. The van der Waals surface area contributed by atoms with Crippen molar-refractivity contribution in [3.8, 4) is 0 Å². The Labute approximate surface area is 172 Å². The van der Waals surface area contributed by atoms with E-state index in [0.29, 0.717) is 19.1 Å². The Morgan fingerprint density at radius 2 is 2.04 bits per heavy atom. The minimum atomic E-state index is -1.29. The molecule has 5 rings (SSSR count). The number of thiophene rings is 1. The average molecular weight is 416 g/mol. The molecule has 0 N–H and O–H groups in total. The lowest BCUT2D eigenvalue weighted by Gasteiger charge is -2.32. The van der Waals surface area contributed by atoms with Gasteiger partial charge in [-0.25, -0.2) is 0 Å². The molecule has 3 heterocycles. The number of Topliss-reactive ketones (excluding diaryl/α,β-unsaturated/α-hetero) is 1. The van der Waals surface area contributed by atoms with E-state index >= 15 is 0 Å². The maximum atomic E-state index is 13.3. The monoisotopic (exact) mass is 415 g/mol. The maximum Gasteiger partial charge on any atom is 0.292 e. The minimum absolute atomic E-state index is 0.0788. The third-order valence-electron chi connectivity index (χ3n) is 5.32. The van der Waals surface area contributed by atoms with Crippen molar-refractivity contribution in [1.29, 1.82) is 0 Å². The van der Waals surface area contributed by atoms with Gasteiger partial charge in [0.1, 0.15) is 0 Å². The van der Waals surface area contributed by atoms with Gasteiger partial charge in [0.05, 0.1) is 28.0 Å². The summed E-state index contributed by atoms with van der Waals surface area (Å²) in [6.07, 6.45) is 3.15. The molecule has 1 aliphatic carbocycles. The molecule has 2 aromatic rings. The number of anilines is 1. The number of fused-ring (bicyclic) bond motifs is 2. The van der Waals surface area contributed by atoms with E-state index in [1.807, 2.05) is 35.2 Å². The molecule has 1 aromatic heterocycles. The molecular formula is C21H21NO4S2. The number of carbonyl (C=O) groups excluding carboxylic acids is 2. The molecule has 0 radical (unpaired) electrons. The zero-order valence-corrected chi connectivity index (χ0v) is 17.2. The second-order valence-corrected chi connectivity index (χ2v) is 9.94. The molecule has 1 amide bonds. The van der Waals surface area contributed by atoms with Crippen LogP contribution >= 0.6 is 23.1 Å². The van der Waals surface area contributed by atoms with Crippen LogP contribution in [-0.2, 0) is 20.1 Å². The first-order valence-electron chi connectivity index (χ1n) is 9.60. The van der Waals surface area contributed by atoms with E-state index in [1.54, 1.807) is 18.7 Å². The first-order valence-corrected chi connectivity index (χ1v) is 11.2. The van der Waals surface area contributed by atoms with E-state index in [4.69, 9.17) is 9.47 Å². The summed E-state index contributed by atoms with van der Waals surface area (Å²) in [6, 6.07) is 9.88. The number of ether oxygens (including phenoxy) is 2. The number of nitrogens with zero attached hydrogens (tertiary/aromatic N) is 1. The molecule has 1 aromatic carbocycles.